The molecule has 0 saturated carbocycles. The van der Waals surface area contributed by atoms with Crippen molar-refractivity contribution in [3.05, 3.63) is 58.9 Å². The summed E-state index contributed by atoms with van der Waals surface area (Å²) in [5.41, 5.74) is 2.22. The molecule has 0 spiro atoms. The molecule has 11 heteroatoms. The van der Waals surface area contributed by atoms with Crippen LogP contribution in [0.3, 0.4) is 0 Å². The summed E-state index contributed by atoms with van der Waals surface area (Å²) in [4.78, 5) is 67.4. The molecule has 1 unspecified atom stereocenters. The fraction of sp³-hybridized carbons (Fsp3) is 0.469. The molecule has 1 atom stereocenters. The number of likely N-dealkylation sites (N-methyl/N-ethyl adjacent to an activating group) is 2. The minimum atomic E-state index is -0.821. The number of nitrogens with one attached hydrogen (secondary N) is 1. The van der Waals surface area contributed by atoms with E-state index >= 15 is 0 Å². The first-order valence-corrected chi connectivity index (χ1v) is 14.8. The van der Waals surface area contributed by atoms with Crippen molar-refractivity contribution in [2.75, 3.05) is 69.7 Å². The first-order valence-electron chi connectivity index (χ1n) is 14.8. The number of amides is 2. The molecule has 2 aliphatic heterocycles. The molecule has 0 aliphatic carbocycles. The third-order valence-corrected chi connectivity index (χ3v) is 8.60. The molecule has 0 bridgehead atoms. The molecule has 0 aromatic heterocycles. The number of halogens is 1. The van der Waals surface area contributed by atoms with Crippen LogP contribution in [-0.2, 0) is 9.59 Å². The molecule has 2 aliphatic rings. The summed E-state index contributed by atoms with van der Waals surface area (Å²) < 4.78 is 14.5. The molecule has 4 rings (SSSR count). The highest BCUT2D eigenvalue weighted by molar-refractivity contribution is 6.03. The van der Waals surface area contributed by atoms with Gasteiger partial charge in [-0.05, 0) is 61.6 Å². The normalized spacial score (nSPS) is 16.8. The van der Waals surface area contributed by atoms with Crippen molar-refractivity contribution in [1.29, 1.82) is 0 Å². The van der Waals surface area contributed by atoms with Crippen LogP contribution in [-0.4, -0.2) is 106 Å². The quantitative estimate of drug-likeness (QED) is 0.374. The summed E-state index contributed by atoms with van der Waals surface area (Å²) in [5.74, 6) is -0.660. The summed E-state index contributed by atoms with van der Waals surface area (Å²) in [6.07, 6.45) is 4.30. The number of hydrogen-bond acceptors (Lipinski definition) is 8. The van der Waals surface area contributed by atoms with Crippen molar-refractivity contribution >= 4 is 42.0 Å². The van der Waals surface area contributed by atoms with E-state index in [1.807, 2.05) is 6.07 Å². The van der Waals surface area contributed by atoms with Crippen LogP contribution in [0, 0.1) is 11.7 Å². The molecule has 2 aromatic rings. The number of aldehydes is 3. The molecular formula is C32H40FN5O5. The van der Waals surface area contributed by atoms with E-state index in [1.54, 1.807) is 24.3 Å². The van der Waals surface area contributed by atoms with Gasteiger partial charge in [-0.2, -0.15) is 0 Å². The molecule has 1 N–H and O–H groups in total. The summed E-state index contributed by atoms with van der Waals surface area (Å²) in [6, 6.07) is 9.00. The van der Waals surface area contributed by atoms with Crippen LogP contribution in [0.4, 0.5) is 15.8 Å². The summed E-state index contributed by atoms with van der Waals surface area (Å²) in [5, 5.41) is 2.53. The van der Waals surface area contributed by atoms with E-state index in [1.165, 1.54) is 25.1 Å². The standard InChI is InChI=1S/C32H40FN5O5/c1-34-31(42)30(4-3-17-39)35(2)32(43)27-7-6-26(19-25(27)22-41)37-15-13-36(14-16-37)20-23-9-11-38(12-10-23)29-8-5-24(21-40)18-28(29)33/h5-8,17-19,21-23,30H,3-4,9-16,20H2,1-2H3,(H,34,42). The van der Waals surface area contributed by atoms with Crippen LogP contribution in [0.15, 0.2) is 36.4 Å². The van der Waals surface area contributed by atoms with Gasteiger partial charge in [-0.3, -0.25) is 24.1 Å². The SMILES string of the molecule is CNC(=O)C(CCC=O)N(C)C(=O)c1ccc(N2CCN(CC3CCN(c4ccc(C=O)cc4F)CC3)CC2)cc1C=O. The number of hydrogen-bond donors (Lipinski definition) is 1. The van der Waals surface area contributed by atoms with Gasteiger partial charge in [0.05, 0.1) is 11.3 Å². The Balaban J connectivity index is 1.31. The zero-order valence-corrected chi connectivity index (χ0v) is 24.8. The third-order valence-electron chi connectivity index (χ3n) is 8.60. The second kappa shape index (κ2) is 14.9. The Morgan fingerprint density at radius 1 is 0.977 bits per heavy atom. The lowest BCUT2D eigenvalue weighted by atomic mass is 9.95. The number of anilines is 2. The van der Waals surface area contributed by atoms with Crippen LogP contribution in [0.25, 0.3) is 0 Å². The predicted molar refractivity (Wildman–Crippen MR) is 162 cm³/mol. The zero-order chi connectivity index (χ0) is 30.9. The van der Waals surface area contributed by atoms with Gasteiger partial charge in [-0.25, -0.2) is 4.39 Å². The molecule has 2 heterocycles. The highest BCUT2D eigenvalue weighted by Crippen LogP contribution is 2.28. The lowest BCUT2D eigenvalue weighted by Crippen LogP contribution is -2.49. The van der Waals surface area contributed by atoms with Crippen molar-refractivity contribution in [3.8, 4) is 0 Å². The van der Waals surface area contributed by atoms with Gasteiger partial charge in [0.1, 0.15) is 24.4 Å². The van der Waals surface area contributed by atoms with Crippen LogP contribution in [0.5, 0.6) is 0 Å². The van der Waals surface area contributed by atoms with Crippen LogP contribution in [0.2, 0.25) is 0 Å². The maximum Gasteiger partial charge on any atom is 0.255 e. The molecule has 2 fully saturated rings. The Bertz CT molecular complexity index is 1320. The second-order valence-electron chi connectivity index (χ2n) is 11.2. The first-order chi connectivity index (χ1) is 20.8. The fourth-order valence-corrected chi connectivity index (χ4v) is 6.03. The van der Waals surface area contributed by atoms with Gasteiger partial charge >= 0.3 is 0 Å². The van der Waals surface area contributed by atoms with Gasteiger partial charge in [0, 0.05) is 83.1 Å². The van der Waals surface area contributed by atoms with E-state index in [9.17, 15) is 28.4 Å². The number of carbonyl (C=O) groups is 5. The summed E-state index contributed by atoms with van der Waals surface area (Å²) in [7, 11) is 2.98. The minimum absolute atomic E-state index is 0.137. The number of rotatable bonds is 12. The van der Waals surface area contributed by atoms with E-state index in [0.29, 0.717) is 36.0 Å². The molecule has 10 nitrogen and oxygen atoms in total. The van der Waals surface area contributed by atoms with E-state index < -0.39 is 11.9 Å². The van der Waals surface area contributed by atoms with E-state index in [0.717, 1.165) is 64.3 Å². The Morgan fingerprint density at radius 2 is 1.70 bits per heavy atom. The average Bonchev–Trinajstić information content (AvgIpc) is 3.04. The monoisotopic (exact) mass is 593 g/mol. The Hall–Kier alpha value is -4.12. The van der Waals surface area contributed by atoms with Crippen LogP contribution in [0.1, 0.15) is 56.8 Å². The maximum atomic E-state index is 14.5. The molecule has 2 aromatic carbocycles. The third kappa shape index (κ3) is 7.64. The molecule has 230 valence electrons. The van der Waals surface area contributed by atoms with E-state index in [4.69, 9.17) is 0 Å². The fourth-order valence-electron chi connectivity index (χ4n) is 6.03. The molecule has 2 amide bonds. The second-order valence-corrected chi connectivity index (χ2v) is 11.2. The summed E-state index contributed by atoms with van der Waals surface area (Å²) in [6.45, 7) is 5.82. The van der Waals surface area contributed by atoms with Crippen LogP contribution < -0.4 is 15.1 Å². The van der Waals surface area contributed by atoms with Gasteiger partial charge in [0.2, 0.25) is 5.91 Å². The Morgan fingerprint density at radius 3 is 2.30 bits per heavy atom. The number of piperazine rings is 1. The minimum Gasteiger partial charge on any atom is -0.369 e. The van der Waals surface area contributed by atoms with Crippen molar-refractivity contribution in [3.63, 3.8) is 0 Å². The van der Waals surface area contributed by atoms with Crippen molar-refractivity contribution < 1.29 is 28.4 Å². The molecule has 2 saturated heterocycles. The largest absolute Gasteiger partial charge is 0.369 e. The van der Waals surface area contributed by atoms with Gasteiger partial charge in [-0.15, -0.1) is 0 Å². The number of nitrogens with zero attached hydrogens (tertiary/aromatic N) is 4. The Labute approximate surface area is 251 Å². The van der Waals surface area contributed by atoms with Crippen molar-refractivity contribution in [2.45, 2.75) is 31.7 Å². The van der Waals surface area contributed by atoms with Gasteiger partial charge in [0.25, 0.3) is 5.91 Å². The van der Waals surface area contributed by atoms with E-state index in [2.05, 4.69) is 20.0 Å². The topological polar surface area (TPSA) is 110 Å². The lowest BCUT2D eigenvalue weighted by Gasteiger charge is -2.40. The van der Waals surface area contributed by atoms with E-state index in [-0.39, 0.29) is 35.7 Å². The van der Waals surface area contributed by atoms with Gasteiger partial charge in [0.15, 0.2) is 6.29 Å². The van der Waals surface area contributed by atoms with Crippen molar-refractivity contribution in [2.24, 2.45) is 5.92 Å². The predicted octanol–water partition coefficient (Wildman–Crippen LogP) is 2.66. The molecule has 43 heavy (non-hydrogen) atoms. The van der Waals surface area contributed by atoms with Gasteiger partial charge < -0.3 is 24.8 Å². The number of benzene rings is 2. The van der Waals surface area contributed by atoms with Crippen LogP contribution >= 0.6 is 0 Å². The maximum absolute atomic E-state index is 14.5. The number of carbonyl (C=O) groups excluding carboxylic acids is 5. The average molecular weight is 594 g/mol. The Kier molecular flexibility index (Phi) is 11.0. The smallest absolute Gasteiger partial charge is 0.255 e. The zero-order valence-electron chi connectivity index (χ0n) is 24.8. The lowest BCUT2D eigenvalue weighted by molar-refractivity contribution is -0.125. The summed E-state index contributed by atoms with van der Waals surface area (Å²) >= 11 is 0. The highest BCUT2D eigenvalue weighted by atomic mass is 19.1. The number of piperidine rings is 1. The highest BCUT2D eigenvalue weighted by Gasteiger charge is 2.29. The molecule has 0 radical (unpaired) electrons. The van der Waals surface area contributed by atoms with Crippen molar-refractivity contribution in [1.82, 2.24) is 15.1 Å². The first kappa shape index (κ1) is 31.8. The molecular weight excluding hydrogens is 553 g/mol. The van der Waals surface area contributed by atoms with Gasteiger partial charge in [-0.1, -0.05) is 0 Å².